The number of nitrogens with two attached hydrogens (primary N) is 1. The first-order valence-corrected chi connectivity index (χ1v) is 10.8. The van der Waals surface area contributed by atoms with Crippen molar-refractivity contribution in [2.75, 3.05) is 11.1 Å². The SMILES string of the molecule is CC(C)OC(=O)Nc1ccc(-c2c(N)c3ccc(Oc4ncccn4)cc3n2C(C)C)cc1. The van der Waals surface area contributed by atoms with Gasteiger partial charge >= 0.3 is 12.1 Å². The lowest BCUT2D eigenvalue weighted by Crippen LogP contribution is -2.17. The second-order valence-corrected chi connectivity index (χ2v) is 8.19. The van der Waals surface area contributed by atoms with Gasteiger partial charge in [-0.1, -0.05) is 12.1 Å². The van der Waals surface area contributed by atoms with Crippen molar-refractivity contribution >= 4 is 28.4 Å². The minimum Gasteiger partial charge on any atom is -0.447 e. The van der Waals surface area contributed by atoms with Crippen molar-refractivity contribution in [1.29, 1.82) is 0 Å². The van der Waals surface area contributed by atoms with Gasteiger partial charge in [-0.3, -0.25) is 5.32 Å². The lowest BCUT2D eigenvalue weighted by atomic mass is 10.1. The molecule has 3 N–H and O–H groups in total. The first-order valence-electron chi connectivity index (χ1n) is 10.8. The van der Waals surface area contributed by atoms with Gasteiger partial charge in [-0.2, -0.15) is 0 Å². The maximum Gasteiger partial charge on any atom is 0.411 e. The molecule has 2 heterocycles. The summed E-state index contributed by atoms with van der Waals surface area (Å²) in [4.78, 5) is 20.1. The second-order valence-electron chi connectivity index (χ2n) is 8.19. The van der Waals surface area contributed by atoms with Crippen molar-refractivity contribution in [3.63, 3.8) is 0 Å². The smallest absolute Gasteiger partial charge is 0.411 e. The molecule has 33 heavy (non-hydrogen) atoms. The summed E-state index contributed by atoms with van der Waals surface area (Å²) in [5.41, 5.74) is 10.7. The maximum atomic E-state index is 11.9. The van der Waals surface area contributed by atoms with Gasteiger partial charge in [0.05, 0.1) is 23.0 Å². The van der Waals surface area contributed by atoms with Crippen LogP contribution in [0.3, 0.4) is 0 Å². The molecule has 2 aromatic heterocycles. The average Bonchev–Trinajstić information content (AvgIpc) is 3.06. The Bertz CT molecular complexity index is 1260. The van der Waals surface area contributed by atoms with Crippen LogP contribution in [-0.2, 0) is 4.74 Å². The number of aromatic nitrogens is 3. The van der Waals surface area contributed by atoms with E-state index in [1.165, 1.54) is 0 Å². The highest BCUT2D eigenvalue weighted by Gasteiger charge is 2.19. The molecule has 0 saturated heterocycles. The topological polar surface area (TPSA) is 104 Å². The lowest BCUT2D eigenvalue weighted by molar-refractivity contribution is 0.130. The van der Waals surface area contributed by atoms with E-state index in [4.69, 9.17) is 15.2 Å². The molecule has 0 saturated carbocycles. The van der Waals surface area contributed by atoms with Gasteiger partial charge in [0.15, 0.2) is 0 Å². The van der Waals surface area contributed by atoms with Crippen LogP contribution >= 0.6 is 0 Å². The van der Waals surface area contributed by atoms with Crippen molar-refractivity contribution in [2.45, 2.75) is 39.8 Å². The van der Waals surface area contributed by atoms with Gasteiger partial charge in [0.25, 0.3) is 0 Å². The molecule has 8 nitrogen and oxygen atoms in total. The minimum atomic E-state index is -0.483. The molecule has 0 bridgehead atoms. The van der Waals surface area contributed by atoms with E-state index in [0.717, 1.165) is 22.2 Å². The fourth-order valence-electron chi connectivity index (χ4n) is 3.73. The van der Waals surface area contributed by atoms with Gasteiger partial charge in [0.2, 0.25) is 0 Å². The number of nitrogen functional groups attached to an aromatic ring is 1. The first-order chi connectivity index (χ1) is 15.8. The Kier molecular flexibility index (Phi) is 6.17. The van der Waals surface area contributed by atoms with E-state index in [2.05, 4.69) is 33.7 Å². The summed E-state index contributed by atoms with van der Waals surface area (Å²) in [6.07, 6.45) is 2.60. The summed E-state index contributed by atoms with van der Waals surface area (Å²) < 4.78 is 13.1. The molecule has 4 rings (SSSR count). The van der Waals surface area contributed by atoms with Crippen molar-refractivity contribution < 1.29 is 14.3 Å². The number of hydrogen-bond acceptors (Lipinski definition) is 6. The summed E-state index contributed by atoms with van der Waals surface area (Å²) >= 11 is 0. The van der Waals surface area contributed by atoms with E-state index in [1.807, 2.05) is 42.5 Å². The van der Waals surface area contributed by atoms with E-state index in [0.29, 0.717) is 17.1 Å². The zero-order chi connectivity index (χ0) is 23.5. The van der Waals surface area contributed by atoms with Crippen LogP contribution in [-0.4, -0.2) is 26.7 Å². The molecule has 0 unspecified atom stereocenters. The standard InChI is InChI=1S/C25H27N5O3/c1-15(2)30-21-14-19(33-24-27-12-5-13-28-24)10-11-20(21)22(26)23(30)17-6-8-18(9-7-17)29-25(31)32-16(3)4/h5-16H,26H2,1-4H3,(H,29,31). The molecule has 4 aromatic rings. The largest absolute Gasteiger partial charge is 0.447 e. The van der Waals surface area contributed by atoms with E-state index in [9.17, 15) is 4.79 Å². The van der Waals surface area contributed by atoms with Gasteiger partial charge in [-0.05, 0) is 58.0 Å². The summed E-state index contributed by atoms with van der Waals surface area (Å²) in [6, 6.07) is 15.5. The molecule has 0 aliphatic rings. The predicted octanol–water partition coefficient (Wildman–Crippen LogP) is 6.01. The van der Waals surface area contributed by atoms with Crippen LogP contribution in [0.4, 0.5) is 16.2 Å². The van der Waals surface area contributed by atoms with Crippen LogP contribution in [0, 0.1) is 0 Å². The predicted molar refractivity (Wildman–Crippen MR) is 130 cm³/mol. The number of anilines is 2. The third-order valence-corrected chi connectivity index (χ3v) is 5.03. The third kappa shape index (κ3) is 4.74. The van der Waals surface area contributed by atoms with Crippen LogP contribution < -0.4 is 15.8 Å². The molecular weight excluding hydrogens is 418 g/mol. The maximum absolute atomic E-state index is 11.9. The quantitative estimate of drug-likeness (QED) is 0.377. The summed E-state index contributed by atoms with van der Waals surface area (Å²) in [5, 5.41) is 3.67. The zero-order valence-corrected chi connectivity index (χ0v) is 19.1. The first kappa shape index (κ1) is 22.1. The monoisotopic (exact) mass is 445 g/mol. The fraction of sp³-hybridized carbons (Fsp3) is 0.240. The third-order valence-electron chi connectivity index (χ3n) is 5.03. The van der Waals surface area contributed by atoms with Gasteiger partial charge in [-0.25, -0.2) is 14.8 Å². The van der Waals surface area contributed by atoms with Gasteiger partial charge in [-0.15, -0.1) is 0 Å². The average molecular weight is 446 g/mol. The number of benzene rings is 2. The van der Waals surface area contributed by atoms with Crippen LogP contribution in [0.1, 0.15) is 33.7 Å². The van der Waals surface area contributed by atoms with E-state index in [-0.39, 0.29) is 18.2 Å². The molecule has 0 radical (unpaired) electrons. The normalized spacial score (nSPS) is 11.2. The van der Waals surface area contributed by atoms with Gasteiger partial charge in [0.1, 0.15) is 5.75 Å². The second kappa shape index (κ2) is 9.20. The molecule has 170 valence electrons. The fourth-order valence-corrected chi connectivity index (χ4v) is 3.73. The number of nitrogens with one attached hydrogen (secondary N) is 1. The molecular formula is C25H27N5O3. The zero-order valence-electron chi connectivity index (χ0n) is 19.1. The van der Waals surface area contributed by atoms with E-state index in [1.54, 1.807) is 32.3 Å². The Morgan fingerprint density at radius 1 is 1.03 bits per heavy atom. The van der Waals surface area contributed by atoms with E-state index >= 15 is 0 Å². The molecule has 1 amide bonds. The summed E-state index contributed by atoms with van der Waals surface area (Å²) in [5.74, 6) is 0.628. The highest BCUT2D eigenvalue weighted by molar-refractivity contribution is 6.01. The van der Waals surface area contributed by atoms with Gasteiger partial charge < -0.3 is 19.8 Å². The summed E-state index contributed by atoms with van der Waals surface area (Å²) in [6.45, 7) is 7.82. The van der Waals surface area contributed by atoms with Crippen LogP contribution in [0.5, 0.6) is 11.8 Å². The highest BCUT2D eigenvalue weighted by atomic mass is 16.6. The molecule has 8 heteroatoms. The van der Waals surface area contributed by atoms with Crippen molar-refractivity contribution in [2.24, 2.45) is 0 Å². The molecule has 2 aromatic carbocycles. The number of rotatable bonds is 6. The Hall–Kier alpha value is -4.07. The number of hydrogen-bond donors (Lipinski definition) is 2. The van der Waals surface area contributed by atoms with Gasteiger partial charge in [0, 0.05) is 41.1 Å². The number of amides is 1. The molecule has 0 aliphatic heterocycles. The van der Waals surface area contributed by atoms with E-state index < -0.39 is 6.09 Å². The number of carbonyl (C=O) groups is 1. The van der Waals surface area contributed by atoms with Crippen molar-refractivity contribution in [3.8, 4) is 23.0 Å². The van der Waals surface area contributed by atoms with Crippen molar-refractivity contribution in [1.82, 2.24) is 14.5 Å². The molecule has 0 spiro atoms. The van der Waals surface area contributed by atoms with Crippen LogP contribution in [0.15, 0.2) is 60.9 Å². The minimum absolute atomic E-state index is 0.141. The highest BCUT2D eigenvalue weighted by Crippen LogP contribution is 2.40. The molecule has 0 atom stereocenters. The lowest BCUT2D eigenvalue weighted by Gasteiger charge is -2.16. The molecule has 0 fully saturated rings. The Morgan fingerprint density at radius 2 is 1.73 bits per heavy atom. The summed E-state index contributed by atoms with van der Waals surface area (Å²) in [7, 11) is 0. The Labute approximate surface area is 192 Å². The van der Waals surface area contributed by atoms with Crippen LogP contribution in [0.2, 0.25) is 0 Å². The van der Waals surface area contributed by atoms with Crippen molar-refractivity contribution in [3.05, 3.63) is 60.9 Å². The number of fused-ring (bicyclic) bond motifs is 1. The number of ether oxygens (including phenoxy) is 2. The number of nitrogens with zero attached hydrogens (tertiary/aromatic N) is 3. The Balaban J connectivity index is 1.70. The van der Waals surface area contributed by atoms with Crippen LogP contribution in [0.25, 0.3) is 22.2 Å². The number of carbonyl (C=O) groups excluding carboxylic acids is 1. The molecule has 0 aliphatic carbocycles. The Morgan fingerprint density at radius 3 is 2.36 bits per heavy atom.